The number of carboxylic acid groups (broad SMARTS) is 1. The summed E-state index contributed by atoms with van der Waals surface area (Å²) in [6, 6.07) is 34.3. The van der Waals surface area contributed by atoms with Crippen molar-refractivity contribution in [3.63, 3.8) is 0 Å². The van der Waals surface area contributed by atoms with Gasteiger partial charge in [0.05, 0.1) is 12.1 Å². The Morgan fingerprint density at radius 1 is 0.778 bits per heavy atom. The number of alkyl carbamates (subject to hydrolysis) is 1. The SMILES string of the molecule is CC(C)(C)OC(=O)N[C@@H](Cc1ccccc1)C[C@@H](O)[C@H](Cc1ccccc1)N(CC1c2ccccc2-c2ccccc21)C(=O)O. The standard InChI is InChI=1S/C38H42N2O5/c1-38(2,3)45-36(42)39-28(22-26-14-6-4-7-15-26)24-35(41)34(23-27-16-8-5-9-17-27)40(37(43)44)25-33-31-20-12-10-18-29(31)30-19-11-13-21-32(30)33/h4-21,28,33-35,41H,22-25H2,1-3H3,(H,39,42)(H,43,44)/t28-,34-,35+/m0/s1. The van der Waals surface area contributed by atoms with Crippen LogP contribution in [0.15, 0.2) is 109 Å². The largest absolute Gasteiger partial charge is 0.465 e. The maximum absolute atomic E-state index is 13.1. The first-order valence-electron chi connectivity index (χ1n) is 15.5. The summed E-state index contributed by atoms with van der Waals surface area (Å²) in [6.07, 6.45) is -1.87. The van der Waals surface area contributed by atoms with E-state index < -0.39 is 36.0 Å². The summed E-state index contributed by atoms with van der Waals surface area (Å²) >= 11 is 0. The van der Waals surface area contributed by atoms with Crippen molar-refractivity contribution in [1.82, 2.24) is 10.2 Å². The summed E-state index contributed by atoms with van der Waals surface area (Å²) in [4.78, 5) is 27.4. The molecule has 4 aromatic carbocycles. The van der Waals surface area contributed by atoms with Crippen molar-refractivity contribution >= 4 is 12.2 Å². The average Bonchev–Trinajstić information content (AvgIpc) is 3.32. The van der Waals surface area contributed by atoms with E-state index in [9.17, 15) is 19.8 Å². The third-order valence-corrected chi connectivity index (χ3v) is 8.29. The monoisotopic (exact) mass is 606 g/mol. The number of aliphatic hydroxyl groups excluding tert-OH is 1. The van der Waals surface area contributed by atoms with Crippen molar-refractivity contribution in [2.24, 2.45) is 0 Å². The average molecular weight is 607 g/mol. The molecule has 0 saturated carbocycles. The molecule has 234 valence electrons. The number of nitrogens with zero attached hydrogens (tertiary/aromatic N) is 1. The molecule has 45 heavy (non-hydrogen) atoms. The maximum atomic E-state index is 13.1. The van der Waals surface area contributed by atoms with Crippen LogP contribution in [0.2, 0.25) is 0 Å². The summed E-state index contributed by atoms with van der Waals surface area (Å²) in [5, 5.41) is 25.6. The fraction of sp³-hybridized carbons (Fsp3) is 0.316. The van der Waals surface area contributed by atoms with Crippen LogP contribution < -0.4 is 5.32 Å². The number of ether oxygens (including phenoxy) is 1. The van der Waals surface area contributed by atoms with E-state index in [0.717, 1.165) is 33.4 Å². The highest BCUT2D eigenvalue weighted by Crippen LogP contribution is 2.45. The van der Waals surface area contributed by atoms with Crippen LogP contribution in [0.3, 0.4) is 0 Å². The second kappa shape index (κ2) is 14.0. The normalized spacial score (nSPS) is 14.5. The van der Waals surface area contributed by atoms with Crippen LogP contribution in [-0.2, 0) is 17.6 Å². The van der Waals surface area contributed by atoms with Crippen LogP contribution in [0.4, 0.5) is 9.59 Å². The Balaban J connectivity index is 1.46. The van der Waals surface area contributed by atoms with Crippen LogP contribution in [0.5, 0.6) is 0 Å². The number of amides is 2. The van der Waals surface area contributed by atoms with Gasteiger partial charge in [-0.1, -0.05) is 109 Å². The minimum Gasteiger partial charge on any atom is -0.465 e. The van der Waals surface area contributed by atoms with E-state index in [1.54, 1.807) is 20.8 Å². The number of carbonyl (C=O) groups is 2. The van der Waals surface area contributed by atoms with Gasteiger partial charge >= 0.3 is 12.2 Å². The minimum absolute atomic E-state index is 0.132. The Kier molecular flexibility index (Phi) is 9.89. The van der Waals surface area contributed by atoms with Gasteiger partial charge < -0.3 is 25.2 Å². The lowest BCUT2D eigenvalue weighted by Gasteiger charge is -2.36. The first-order chi connectivity index (χ1) is 21.6. The topological polar surface area (TPSA) is 99.1 Å². The fourth-order valence-corrected chi connectivity index (χ4v) is 6.33. The van der Waals surface area contributed by atoms with Gasteiger partial charge in [0, 0.05) is 18.5 Å². The van der Waals surface area contributed by atoms with Crippen LogP contribution in [0, 0.1) is 0 Å². The highest BCUT2D eigenvalue weighted by atomic mass is 16.6. The molecule has 2 amide bonds. The number of aliphatic hydroxyl groups is 1. The van der Waals surface area contributed by atoms with Crippen molar-refractivity contribution in [2.75, 3.05) is 6.54 Å². The Bertz CT molecular complexity index is 1540. The smallest absolute Gasteiger partial charge is 0.407 e. The molecule has 5 rings (SSSR count). The van der Waals surface area contributed by atoms with E-state index in [1.807, 2.05) is 84.9 Å². The van der Waals surface area contributed by atoms with Gasteiger partial charge in [-0.05, 0) is 73.4 Å². The molecular formula is C38H42N2O5. The molecule has 3 N–H and O–H groups in total. The minimum atomic E-state index is -1.10. The zero-order valence-electron chi connectivity index (χ0n) is 26.1. The number of hydrogen-bond donors (Lipinski definition) is 3. The van der Waals surface area contributed by atoms with E-state index in [1.165, 1.54) is 4.90 Å². The molecular weight excluding hydrogens is 564 g/mol. The molecule has 0 radical (unpaired) electrons. The number of hydrogen-bond acceptors (Lipinski definition) is 4. The Labute approximate surface area is 265 Å². The van der Waals surface area contributed by atoms with Crippen LogP contribution in [0.25, 0.3) is 11.1 Å². The van der Waals surface area contributed by atoms with Gasteiger partial charge in [-0.15, -0.1) is 0 Å². The van der Waals surface area contributed by atoms with E-state index in [2.05, 4.69) is 29.6 Å². The second-order valence-electron chi connectivity index (χ2n) is 12.8. The molecule has 0 bridgehead atoms. The molecule has 0 fully saturated rings. The van der Waals surface area contributed by atoms with Crippen molar-refractivity contribution < 1.29 is 24.5 Å². The van der Waals surface area contributed by atoms with Crippen LogP contribution >= 0.6 is 0 Å². The lowest BCUT2D eigenvalue weighted by molar-refractivity contribution is 0.0300. The molecule has 3 atom stereocenters. The molecule has 7 nitrogen and oxygen atoms in total. The highest BCUT2D eigenvalue weighted by molar-refractivity contribution is 5.79. The lowest BCUT2D eigenvalue weighted by atomic mass is 9.90. The lowest BCUT2D eigenvalue weighted by Crippen LogP contribution is -2.52. The van der Waals surface area contributed by atoms with Crippen molar-refractivity contribution in [1.29, 1.82) is 0 Å². The molecule has 0 aromatic heterocycles. The molecule has 1 aliphatic rings. The molecule has 0 spiro atoms. The Hall–Kier alpha value is -4.62. The maximum Gasteiger partial charge on any atom is 0.407 e. The first kappa shape index (κ1) is 31.8. The quantitative estimate of drug-likeness (QED) is 0.167. The summed E-state index contributed by atoms with van der Waals surface area (Å²) in [7, 11) is 0. The van der Waals surface area contributed by atoms with E-state index >= 15 is 0 Å². The number of rotatable bonds is 11. The second-order valence-corrected chi connectivity index (χ2v) is 12.8. The summed E-state index contributed by atoms with van der Waals surface area (Å²) in [6.45, 7) is 5.58. The Morgan fingerprint density at radius 3 is 1.78 bits per heavy atom. The van der Waals surface area contributed by atoms with Gasteiger partial charge in [-0.3, -0.25) is 0 Å². The number of benzene rings is 4. The molecule has 0 heterocycles. The number of fused-ring (bicyclic) bond motifs is 3. The molecule has 1 aliphatic carbocycles. The molecule has 7 heteroatoms. The van der Waals surface area contributed by atoms with E-state index in [0.29, 0.717) is 12.8 Å². The highest BCUT2D eigenvalue weighted by Gasteiger charge is 2.37. The van der Waals surface area contributed by atoms with Gasteiger partial charge in [-0.2, -0.15) is 0 Å². The fourth-order valence-electron chi connectivity index (χ4n) is 6.33. The Morgan fingerprint density at radius 2 is 1.27 bits per heavy atom. The van der Waals surface area contributed by atoms with Crippen molar-refractivity contribution in [3.8, 4) is 11.1 Å². The number of nitrogens with one attached hydrogen (secondary N) is 1. The van der Waals surface area contributed by atoms with Crippen molar-refractivity contribution in [2.45, 2.75) is 69.7 Å². The third kappa shape index (κ3) is 8.11. The molecule has 0 saturated heterocycles. The van der Waals surface area contributed by atoms with Crippen LogP contribution in [-0.4, -0.2) is 57.6 Å². The first-order valence-corrected chi connectivity index (χ1v) is 15.5. The number of carbonyl (C=O) groups excluding carboxylic acids is 1. The van der Waals surface area contributed by atoms with Gasteiger partial charge in [0.2, 0.25) is 0 Å². The molecule has 4 aromatic rings. The van der Waals surface area contributed by atoms with Gasteiger partial charge in [-0.25, -0.2) is 9.59 Å². The van der Waals surface area contributed by atoms with Gasteiger partial charge in [0.1, 0.15) is 5.60 Å². The third-order valence-electron chi connectivity index (χ3n) is 8.29. The zero-order chi connectivity index (χ0) is 32.0. The van der Waals surface area contributed by atoms with E-state index in [4.69, 9.17) is 4.74 Å². The summed E-state index contributed by atoms with van der Waals surface area (Å²) in [5.41, 5.74) is 5.57. The zero-order valence-corrected chi connectivity index (χ0v) is 26.1. The predicted octanol–water partition coefficient (Wildman–Crippen LogP) is 7.28. The summed E-state index contributed by atoms with van der Waals surface area (Å²) in [5.74, 6) is -0.182. The van der Waals surface area contributed by atoms with Gasteiger partial charge in [0.25, 0.3) is 0 Å². The van der Waals surface area contributed by atoms with Crippen molar-refractivity contribution in [3.05, 3.63) is 131 Å². The van der Waals surface area contributed by atoms with E-state index in [-0.39, 0.29) is 18.9 Å². The summed E-state index contributed by atoms with van der Waals surface area (Å²) < 4.78 is 5.55. The predicted molar refractivity (Wildman–Crippen MR) is 176 cm³/mol. The molecule has 0 unspecified atom stereocenters. The van der Waals surface area contributed by atoms with Crippen LogP contribution in [0.1, 0.15) is 55.4 Å². The molecule has 0 aliphatic heterocycles. The van der Waals surface area contributed by atoms with Gasteiger partial charge in [0.15, 0.2) is 0 Å².